The van der Waals surface area contributed by atoms with Crippen LogP contribution in [0.1, 0.15) is 5.56 Å². The van der Waals surface area contributed by atoms with Crippen molar-refractivity contribution >= 4 is 17.1 Å². The number of esters is 1. The van der Waals surface area contributed by atoms with Gasteiger partial charge in [0.05, 0.1) is 12.6 Å². The summed E-state index contributed by atoms with van der Waals surface area (Å²) >= 11 is 0. The molecule has 2 aromatic rings. The monoisotopic (exact) mass is 217 g/mol. The minimum absolute atomic E-state index is 0.404. The van der Waals surface area contributed by atoms with Crippen LogP contribution in [0.25, 0.3) is 11.1 Å². The summed E-state index contributed by atoms with van der Waals surface area (Å²) in [6.45, 7) is 0. The number of benzene rings is 1. The Kier molecular flexibility index (Phi) is 2.48. The molecular formula is C11H7NO4. The average molecular weight is 217 g/mol. The molecule has 0 amide bonds. The van der Waals surface area contributed by atoms with Gasteiger partial charge in [-0.2, -0.15) is 0 Å². The van der Waals surface area contributed by atoms with Crippen molar-refractivity contribution < 1.29 is 13.9 Å². The molecule has 0 atom stereocenters. The second-order valence-electron chi connectivity index (χ2n) is 2.97. The smallest absolute Gasteiger partial charge is 0.417 e. The lowest BCUT2D eigenvalue weighted by atomic mass is 10.2. The van der Waals surface area contributed by atoms with Gasteiger partial charge in [-0.15, -0.1) is 0 Å². The van der Waals surface area contributed by atoms with Crippen molar-refractivity contribution in [2.75, 3.05) is 7.11 Å². The van der Waals surface area contributed by atoms with Crippen LogP contribution in [0.4, 0.5) is 0 Å². The summed E-state index contributed by atoms with van der Waals surface area (Å²) in [4.78, 5) is 24.2. The molecule has 0 saturated carbocycles. The number of methoxy groups -OCH3 is 1. The number of hydrogen-bond donors (Lipinski definition) is 1. The molecule has 2 rings (SSSR count). The third kappa shape index (κ3) is 1.96. The van der Waals surface area contributed by atoms with Crippen LogP contribution < -0.4 is 5.76 Å². The molecule has 5 nitrogen and oxygen atoms in total. The third-order valence-electron chi connectivity index (χ3n) is 1.92. The van der Waals surface area contributed by atoms with E-state index >= 15 is 0 Å². The number of carbonyl (C=O) groups is 1. The van der Waals surface area contributed by atoms with Gasteiger partial charge in [0, 0.05) is 11.5 Å². The highest BCUT2D eigenvalue weighted by molar-refractivity contribution is 5.89. The molecule has 0 aliphatic heterocycles. The molecule has 80 valence electrons. The average Bonchev–Trinajstić information content (AvgIpc) is 2.65. The highest BCUT2D eigenvalue weighted by Gasteiger charge is 2.00. The van der Waals surface area contributed by atoms with E-state index in [0.29, 0.717) is 16.7 Å². The Morgan fingerprint density at radius 1 is 1.50 bits per heavy atom. The first-order valence-electron chi connectivity index (χ1n) is 4.42. The first-order chi connectivity index (χ1) is 7.69. The van der Waals surface area contributed by atoms with E-state index in [2.05, 4.69) is 21.6 Å². The molecule has 5 heteroatoms. The Morgan fingerprint density at radius 3 is 3.06 bits per heavy atom. The van der Waals surface area contributed by atoms with E-state index in [1.54, 1.807) is 18.2 Å². The number of H-pyrrole nitrogens is 1. The van der Waals surface area contributed by atoms with Gasteiger partial charge >= 0.3 is 11.7 Å². The number of rotatable bonds is 0. The fourth-order valence-electron chi connectivity index (χ4n) is 1.20. The van der Waals surface area contributed by atoms with Crippen molar-refractivity contribution in [3.05, 3.63) is 34.3 Å². The van der Waals surface area contributed by atoms with Gasteiger partial charge in [-0.25, -0.2) is 9.59 Å². The molecule has 16 heavy (non-hydrogen) atoms. The molecule has 0 saturated heterocycles. The normalized spacial score (nSPS) is 9.56. The topological polar surface area (TPSA) is 72.3 Å². The lowest BCUT2D eigenvalue weighted by Gasteiger charge is -1.89. The summed E-state index contributed by atoms with van der Waals surface area (Å²) in [6, 6.07) is 4.90. The first-order valence-corrected chi connectivity index (χ1v) is 4.42. The van der Waals surface area contributed by atoms with E-state index in [1.807, 2.05) is 0 Å². The summed E-state index contributed by atoms with van der Waals surface area (Å²) in [5, 5.41) is 0. The Balaban J connectivity index is 2.42. The van der Waals surface area contributed by atoms with Gasteiger partial charge < -0.3 is 9.15 Å². The van der Waals surface area contributed by atoms with E-state index in [9.17, 15) is 9.59 Å². The van der Waals surface area contributed by atoms with Crippen LogP contribution in [-0.4, -0.2) is 18.1 Å². The molecule has 0 aliphatic carbocycles. The van der Waals surface area contributed by atoms with Crippen molar-refractivity contribution in [1.82, 2.24) is 4.98 Å². The number of hydrogen-bond acceptors (Lipinski definition) is 4. The molecule has 0 fully saturated rings. The number of fused-ring (bicyclic) bond motifs is 1. The van der Waals surface area contributed by atoms with Gasteiger partial charge in [-0.05, 0) is 18.2 Å². The van der Waals surface area contributed by atoms with Crippen LogP contribution >= 0.6 is 0 Å². The molecule has 1 heterocycles. The summed E-state index contributed by atoms with van der Waals surface area (Å²) in [7, 11) is 1.26. The van der Waals surface area contributed by atoms with Gasteiger partial charge in [-0.3, -0.25) is 4.98 Å². The second kappa shape index (κ2) is 3.95. The van der Waals surface area contributed by atoms with Gasteiger partial charge in [0.25, 0.3) is 0 Å². The third-order valence-corrected chi connectivity index (χ3v) is 1.92. The molecule has 0 spiro atoms. The minimum Gasteiger partial charge on any atom is -0.459 e. The minimum atomic E-state index is -0.615. The van der Waals surface area contributed by atoms with Crippen LogP contribution in [0.2, 0.25) is 0 Å². The largest absolute Gasteiger partial charge is 0.459 e. The predicted molar refractivity (Wildman–Crippen MR) is 55.7 cm³/mol. The van der Waals surface area contributed by atoms with Gasteiger partial charge in [0.2, 0.25) is 0 Å². The number of carbonyl (C=O) groups excluding carboxylic acids is 1. The first kappa shape index (κ1) is 10.1. The van der Waals surface area contributed by atoms with E-state index in [0.717, 1.165) is 0 Å². The number of oxazole rings is 1. The van der Waals surface area contributed by atoms with E-state index in [4.69, 9.17) is 4.42 Å². The van der Waals surface area contributed by atoms with Crippen molar-refractivity contribution in [2.24, 2.45) is 0 Å². The van der Waals surface area contributed by atoms with E-state index < -0.39 is 11.7 Å². The zero-order chi connectivity index (χ0) is 11.5. The zero-order valence-corrected chi connectivity index (χ0v) is 8.37. The summed E-state index contributed by atoms with van der Waals surface area (Å²) in [5.74, 6) is 3.74. The van der Waals surface area contributed by atoms with Gasteiger partial charge in [0.15, 0.2) is 5.58 Å². The van der Waals surface area contributed by atoms with Crippen LogP contribution in [0, 0.1) is 11.8 Å². The van der Waals surface area contributed by atoms with Crippen LogP contribution in [-0.2, 0) is 9.53 Å². The lowest BCUT2D eigenvalue weighted by Crippen LogP contribution is -1.94. The molecule has 0 aliphatic rings. The lowest BCUT2D eigenvalue weighted by molar-refractivity contribution is -0.133. The fraction of sp³-hybridized carbons (Fsp3) is 0.0909. The SMILES string of the molecule is COC(=O)C#Cc1ccc2[nH]c(=O)oc2c1. The maximum Gasteiger partial charge on any atom is 0.417 e. The number of nitrogens with one attached hydrogen (secondary N) is 1. The zero-order valence-electron chi connectivity index (χ0n) is 8.37. The predicted octanol–water partition coefficient (Wildman–Crippen LogP) is 0.646. The summed E-state index contributed by atoms with van der Waals surface area (Å²) in [5.41, 5.74) is 1.57. The van der Waals surface area contributed by atoms with Crippen molar-refractivity contribution in [3.63, 3.8) is 0 Å². The number of aromatic amines is 1. The second-order valence-corrected chi connectivity index (χ2v) is 2.97. The summed E-state index contributed by atoms with van der Waals surface area (Å²) < 4.78 is 9.22. The summed E-state index contributed by atoms with van der Waals surface area (Å²) in [6.07, 6.45) is 0. The molecule has 0 radical (unpaired) electrons. The molecule has 0 unspecified atom stereocenters. The van der Waals surface area contributed by atoms with E-state index in [1.165, 1.54) is 7.11 Å². The highest BCUT2D eigenvalue weighted by Crippen LogP contribution is 2.11. The maximum atomic E-state index is 10.9. The van der Waals surface area contributed by atoms with Crippen molar-refractivity contribution in [1.29, 1.82) is 0 Å². The molecule has 1 N–H and O–H groups in total. The standard InChI is InChI=1S/C11H7NO4/c1-15-10(13)5-3-7-2-4-8-9(6-7)16-11(14)12-8/h2,4,6H,1H3,(H,12,14). The Hall–Kier alpha value is -2.48. The molecule has 1 aromatic carbocycles. The Morgan fingerprint density at radius 2 is 2.31 bits per heavy atom. The number of aromatic nitrogens is 1. The van der Waals surface area contributed by atoms with Crippen molar-refractivity contribution in [3.8, 4) is 11.8 Å². The Labute approximate surface area is 90.0 Å². The van der Waals surface area contributed by atoms with E-state index in [-0.39, 0.29) is 0 Å². The maximum absolute atomic E-state index is 10.9. The van der Waals surface area contributed by atoms with Crippen LogP contribution in [0.5, 0.6) is 0 Å². The molecule has 1 aromatic heterocycles. The molecule has 0 bridgehead atoms. The Bertz CT molecular complexity index is 654. The fourth-order valence-corrected chi connectivity index (χ4v) is 1.20. The highest BCUT2D eigenvalue weighted by atomic mass is 16.5. The van der Waals surface area contributed by atoms with Crippen LogP contribution in [0.15, 0.2) is 27.4 Å². The van der Waals surface area contributed by atoms with Crippen molar-refractivity contribution in [2.45, 2.75) is 0 Å². The van der Waals surface area contributed by atoms with Gasteiger partial charge in [0.1, 0.15) is 0 Å². The van der Waals surface area contributed by atoms with Gasteiger partial charge in [-0.1, -0.05) is 5.92 Å². The molecular weight excluding hydrogens is 210 g/mol. The quantitative estimate of drug-likeness (QED) is 0.519. The number of ether oxygens (including phenoxy) is 1. The van der Waals surface area contributed by atoms with Crippen LogP contribution in [0.3, 0.4) is 0 Å².